The number of carboxylic acids is 1. The molecule has 0 fully saturated rings. The topological polar surface area (TPSA) is 112 Å². The number of nitrogens with one attached hydrogen (secondary N) is 1. The molecule has 0 saturated heterocycles. The van der Waals surface area contributed by atoms with Crippen molar-refractivity contribution in [2.75, 3.05) is 6.61 Å². The molecule has 7 nitrogen and oxygen atoms in total. The van der Waals surface area contributed by atoms with Crippen LogP contribution >= 0.6 is 0 Å². The van der Waals surface area contributed by atoms with E-state index in [4.69, 9.17) is 10.2 Å². The number of aliphatic carboxylic acids is 1. The zero-order chi connectivity index (χ0) is 11.3. The highest BCUT2D eigenvalue weighted by atomic mass is 16.4. The minimum Gasteiger partial charge on any atom is -0.480 e. The quantitative estimate of drug-likeness (QED) is 0.567. The van der Waals surface area contributed by atoms with Crippen LogP contribution in [0.15, 0.2) is 18.5 Å². The molecule has 1 aromatic heterocycles. The smallest absolute Gasteiger partial charge is 0.328 e. The number of carboxylic acid groups (broad SMARTS) is 1. The van der Waals surface area contributed by atoms with Crippen LogP contribution < -0.4 is 5.32 Å². The lowest BCUT2D eigenvalue weighted by atomic mass is 10.2. The van der Waals surface area contributed by atoms with Gasteiger partial charge in [0.05, 0.1) is 24.6 Å². The van der Waals surface area contributed by atoms with Crippen LogP contribution in [0, 0.1) is 0 Å². The van der Waals surface area contributed by atoms with E-state index in [-0.39, 0.29) is 5.56 Å². The predicted octanol–water partition coefficient (Wildman–Crippen LogP) is -1.35. The molecule has 7 heteroatoms. The molecule has 1 rings (SSSR count). The Kier molecular flexibility index (Phi) is 3.69. The number of carbonyl (C=O) groups is 2. The lowest BCUT2D eigenvalue weighted by molar-refractivity contribution is -0.140. The first-order chi connectivity index (χ1) is 7.15. The van der Waals surface area contributed by atoms with E-state index in [2.05, 4.69) is 15.5 Å². The second-order valence-electron chi connectivity index (χ2n) is 2.68. The van der Waals surface area contributed by atoms with Crippen molar-refractivity contribution in [3.8, 4) is 0 Å². The molecule has 0 aliphatic heterocycles. The number of hydrogen-bond donors (Lipinski definition) is 3. The first-order valence-corrected chi connectivity index (χ1v) is 4.06. The van der Waals surface area contributed by atoms with Crippen molar-refractivity contribution in [1.29, 1.82) is 0 Å². The van der Waals surface area contributed by atoms with Gasteiger partial charge < -0.3 is 15.5 Å². The summed E-state index contributed by atoms with van der Waals surface area (Å²) in [6.07, 6.45) is 2.51. The highest BCUT2D eigenvalue weighted by molar-refractivity contribution is 5.96. The van der Waals surface area contributed by atoms with Crippen LogP contribution in [0.3, 0.4) is 0 Å². The van der Waals surface area contributed by atoms with E-state index in [1.807, 2.05) is 0 Å². The Hall–Kier alpha value is -2.02. The predicted molar refractivity (Wildman–Crippen MR) is 48.0 cm³/mol. The van der Waals surface area contributed by atoms with Gasteiger partial charge in [-0.1, -0.05) is 0 Å². The summed E-state index contributed by atoms with van der Waals surface area (Å²) in [6.45, 7) is -0.667. The van der Waals surface area contributed by atoms with Gasteiger partial charge in [0.2, 0.25) is 0 Å². The molecule has 0 aromatic carbocycles. The molecule has 0 spiro atoms. The Morgan fingerprint density at radius 1 is 1.47 bits per heavy atom. The van der Waals surface area contributed by atoms with Crippen molar-refractivity contribution in [2.24, 2.45) is 0 Å². The first-order valence-electron chi connectivity index (χ1n) is 4.06. The minimum atomic E-state index is -1.31. The van der Waals surface area contributed by atoms with Gasteiger partial charge in [0.1, 0.15) is 0 Å². The minimum absolute atomic E-state index is 0.185. The monoisotopic (exact) mass is 211 g/mol. The largest absolute Gasteiger partial charge is 0.480 e. The molecule has 0 aliphatic carbocycles. The zero-order valence-electron chi connectivity index (χ0n) is 7.62. The summed E-state index contributed by atoms with van der Waals surface area (Å²) >= 11 is 0. The molecular weight excluding hydrogens is 202 g/mol. The summed E-state index contributed by atoms with van der Waals surface area (Å²) in [5.41, 5.74) is 0.185. The fourth-order valence-electron chi connectivity index (χ4n) is 0.852. The third kappa shape index (κ3) is 2.99. The van der Waals surface area contributed by atoms with Gasteiger partial charge in [-0.05, 0) is 6.07 Å². The lowest BCUT2D eigenvalue weighted by Crippen LogP contribution is -2.43. The van der Waals surface area contributed by atoms with Gasteiger partial charge in [-0.15, -0.1) is 0 Å². The number of rotatable bonds is 4. The maximum atomic E-state index is 11.4. The van der Waals surface area contributed by atoms with E-state index in [0.29, 0.717) is 0 Å². The van der Waals surface area contributed by atoms with E-state index >= 15 is 0 Å². The Bertz CT molecular complexity index is 354. The fourth-order valence-corrected chi connectivity index (χ4v) is 0.852. The summed E-state index contributed by atoms with van der Waals surface area (Å²) in [7, 11) is 0. The summed E-state index contributed by atoms with van der Waals surface area (Å²) < 4.78 is 0. The highest BCUT2D eigenvalue weighted by Crippen LogP contribution is 1.95. The van der Waals surface area contributed by atoms with E-state index in [1.54, 1.807) is 0 Å². The maximum absolute atomic E-state index is 11.4. The third-order valence-electron chi connectivity index (χ3n) is 1.63. The van der Waals surface area contributed by atoms with Crippen LogP contribution in [-0.2, 0) is 4.79 Å². The normalized spacial score (nSPS) is 11.8. The number of nitrogens with zero attached hydrogens (tertiary/aromatic N) is 2. The maximum Gasteiger partial charge on any atom is 0.328 e. The van der Waals surface area contributed by atoms with Crippen LogP contribution in [-0.4, -0.2) is 44.9 Å². The molecule has 3 N–H and O–H groups in total. The molecule has 80 valence electrons. The number of hydrogen-bond acceptors (Lipinski definition) is 5. The summed E-state index contributed by atoms with van der Waals surface area (Å²) in [6, 6.07) is 0.0733. The van der Waals surface area contributed by atoms with Crippen molar-refractivity contribution in [2.45, 2.75) is 6.04 Å². The van der Waals surface area contributed by atoms with Gasteiger partial charge in [-0.2, -0.15) is 10.2 Å². The van der Waals surface area contributed by atoms with E-state index < -0.39 is 24.5 Å². The van der Waals surface area contributed by atoms with Crippen molar-refractivity contribution >= 4 is 11.9 Å². The second kappa shape index (κ2) is 5.01. The Labute approximate surface area is 84.8 Å². The van der Waals surface area contributed by atoms with Gasteiger partial charge >= 0.3 is 5.97 Å². The first kappa shape index (κ1) is 11.1. The van der Waals surface area contributed by atoms with Crippen LogP contribution in [0.2, 0.25) is 0 Å². The van der Waals surface area contributed by atoms with Gasteiger partial charge in [0, 0.05) is 0 Å². The molecule has 0 unspecified atom stereocenters. The highest BCUT2D eigenvalue weighted by Gasteiger charge is 2.19. The standard InChI is InChI=1S/C8H9N3O4/c12-4-6(8(14)15)11-7(13)5-1-2-9-10-3-5/h1-3,6,12H,4H2,(H,11,13)(H,14,15)/t6-/m0/s1. The lowest BCUT2D eigenvalue weighted by Gasteiger charge is -2.10. The number of amides is 1. The number of aromatic nitrogens is 2. The molecule has 1 atom stereocenters. The average molecular weight is 211 g/mol. The van der Waals surface area contributed by atoms with Crippen LogP contribution in [0.25, 0.3) is 0 Å². The second-order valence-corrected chi connectivity index (χ2v) is 2.68. The van der Waals surface area contributed by atoms with Crippen LogP contribution in [0.4, 0.5) is 0 Å². The molecule has 1 heterocycles. The molecular formula is C8H9N3O4. The van der Waals surface area contributed by atoms with Gasteiger partial charge in [0.25, 0.3) is 5.91 Å². The molecule has 0 radical (unpaired) electrons. The van der Waals surface area contributed by atoms with Crippen molar-refractivity contribution < 1.29 is 19.8 Å². The van der Waals surface area contributed by atoms with Crippen molar-refractivity contribution in [3.63, 3.8) is 0 Å². The summed E-state index contributed by atoms with van der Waals surface area (Å²) in [5, 5.41) is 26.3. The van der Waals surface area contributed by atoms with Crippen LogP contribution in [0.1, 0.15) is 10.4 Å². The summed E-state index contributed by atoms with van der Waals surface area (Å²) in [5.74, 6) is -1.92. The molecule has 0 saturated carbocycles. The molecule has 15 heavy (non-hydrogen) atoms. The molecule has 0 aliphatic rings. The molecule has 1 aromatic rings. The van der Waals surface area contributed by atoms with E-state index in [0.717, 1.165) is 0 Å². The number of carbonyl (C=O) groups excluding carboxylic acids is 1. The Morgan fingerprint density at radius 3 is 2.67 bits per heavy atom. The van der Waals surface area contributed by atoms with Gasteiger partial charge in [-0.3, -0.25) is 4.79 Å². The summed E-state index contributed by atoms with van der Waals surface area (Å²) in [4.78, 5) is 21.9. The average Bonchev–Trinajstić information content (AvgIpc) is 2.26. The molecule has 0 bridgehead atoms. The SMILES string of the molecule is O=C(N[C@@H](CO)C(=O)O)c1ccnnc1. The molecule has 1 amide bonds. The van der Waals surface area contributed by atoms with E-state index in [9.17, 15) is 9.59 Å². The van der Waals surface area contributed by atoms with Crippen LogP contribution in [0.5, 0.6) is 0 Å². The third-order valence-corrected chi connectivity index (χ3v) is 1.63. The van der Waals surface area contributed by atoms with Gasteiger partial charge in [0.15, 0.2) is 6.04 Å². The Morgan fingerprint density at radius 2 is 2.20 bits per heavy atom. The number of aliphatic hydroxyl groups is 1. The van der Waals surface area contributed by atoms with Crippen molar-refractivity contribution in [1.82, 2.24) is 15.5 Å². The fraction of sp³-hybridized carbons (Fsp3) is 0.250. The Balaban J connectivity index is 2.67. The van der Waals surface area contributed by atoms with Crippen molar-refractivity contribution in [3.05, 3.63) is 24.0 Å². The number of aliphatic hydroxyl groups excluding tert-OH is 1. The van der Waals surface area contributed by atoms with Gasteiger partial charge in [-0.25, -0.2) is 4.79 Å². The zero-order valence-corrected chi connectivity index (χ0v) is 7.62. The van der Waals surface area contributed by atoms with E-state index in [1.165, 1.54) is 18.5 Å².